The van der Waals surface area contributed by atoms with Gasteiger partial charge < -0.3 is 0 Å². The third-order valence-electron chi connectivity index (χ3n) is 7.75. The quantitative estimate of drug-likeness (QED) is 0.313. The first-order valence-electron chi connectivity index (χ1n) is 13.5. The normalized spacial score (nSPS) is 16.9. The van der Waals surface area contributed by atoms with Crippen molar-refractivity contribution >= 4 is 23.5 Å². The van der Waals surface area contributed by atoms with E-state index in [4.69, 9.17) is 0 Å². The molecular formula is C36H38S+2. The van der Waals surface area contributed by atoms with Crippen LogP contribution >= 0.6 is 11.3 Å². The summed E-state index contributed by atoms with van der Waals surface area (Å²) in [6.07, 6.45) is 14.1. The van der Waals surface area contributed by atoms with Crippen molar-refractivity contribution in [1.82, 2.24) is 0 Å². The molecule has 0 N–H and O–H groups in total. The third kappa shape index (κ3) is 4.90. The van der Waals surface area contributed by atoms with E-state index in [2.05, 4.69) is 128 Å². The molecule has 0 nitrogen and oxygen atoms in total. The molecule has 1 heterocycles. The molecule has 4 aliphatic carbocycles. The number of fused-ring (bicyclic) bond motifs is 2. The summed E-state index contributed by atoms with van der Waals surface area (Å²) in [7, 11) is 0. The lowest BCUT2D eigenvalue weighted by Crippen LogP contribution is -2.03. The molecule has 1 heteroatoms. The van der Waals surface area contributed by atoms with Gasteiger partial charge in [0.15, 0.2) is 0 Å². The van der Waals surface area contributed by atoms with Crippen molar-refractivity contribution in [2.45, 2.75) is 61.3 Å². The number of hydrogen-bond acceptors (Lipinski definition) is 1. The Morgan fingerprint density at radius 3 is 2.27 bits per heavy atom. The highest BCUT2D eigenvalue weighted by Crippen LogP contribution is 2.44. The molecule has 0 unspecified atom stereocenters. The summed E-state index contributed by atoms with van der Waals surface area (Å²) in [6, 6.07) is 13.9. The van der Waals surface area contributed by atoms with Crippen molar-refractivity contribution in [3.8, 4) is 11.1 Å². The maximum absolute atomic E-state index is 2.39. The molecule has 0 spiro atoms. The molecule has 1 aromatic heterocycles. The fourth-order valence-corrected chi connectivity index (χ4v) is 6.45. The second kappa shape index (κ2) is 9.95. The number of allylic oxidation sites excluding steroid dienone is 8. The molecule has 186 valence electrons. The van der Waals surface area contributed by atoms with E-state index in [1.165, 1.54) is 76.6 Å². The Hall–Kier alpha value is -3.16. The largest absolute Gasteiger partial charge is 0.232 e. The maximum atomic E-state index is 2.39. The highest BCUT2D eigenvalue weighted by molar-refractivity contribution is 7.07. The van der Waals surface area contributed by atoms with Crippen molar-refractivity contribution in [2.24, 2.45) is 5.92 Å². The van der Waals surface area contributed by atoms with Gasteiger partial charge in [0, 0.05) is 22.1 Å². The Kier molecular flexibility index (Phi) is 6.86. The van der Waals surface area contributed by atoms with Crippen LogP contribution in [0.1, 0.15) is 69.7 Å². The molecule has 0 saturated carbocycles. The molecule has 4 aliphatic rings. The molecule has 0 aromatic carbocycles. The summed E-state index contributed by atoms with van der Waals surface area (Å²) in [4.78, 5) is 0. The molecule has 0 bridgehead atoms. The van der Waals surface area contributed by atoms with Crippen molar-refractivity contribution in [3.63, 3.8) is 0 Å². The van der Waals surface area contributed by atoms with Gasteiger partial charge in [-0.25, -0.2) is 0 Å². The average Bonchev–Trinajstić information content (AvgIpc) is 3.39. The van der Waals surface area contributed by atoms with E-state index in [0.717, 1.165) is 0 Å². The molecule has 0 fully saturated rings. The zero-order chi connectivity index (χ0) is 26.4. The Balaban J connectivity index is 1.56. The van der Waals surface area contributed by atoms with E-state index >= 15 is 0 Å². The van der Waals surface area contributed by atoms with Crippen molar-refractivity contribution in [3.05, 3.63) is 126 Å². The predicted molar refractivity (Wildman–Crippen MR) is 163 cm³/mol. The van der Waals surface area contributed by atoms with Gasteiger partial charge in [0.25, 0.3) is 0 Å². The van der Waals surface area contributed by atoms with E-state index in [1.54, 1.807) is 0 Å². The SMILES string of the molecule is CC1=CC(/C=c2\cc/c(=C\c3cc(C)c4cc(C(C)C)ccc(C)c3-4)s2)=C2[C+](C)C=CC(C(C)C)=C[C+]12. The van der Waals surface area contributed by atoms with E-state index in [0.29, 0.717) is 11.8 Å². The highest BCUT2D eigenvalue weighted by atomic mass is 32.1. The van der Waals surface area contributed by atoms with Crippen LogP contribution in [0.4, 0.5) is 0 Å². The maximum Gasteiger partial charge on any atom is 0.232 e. The van der Waals surface area contributed by atoms with Crippen molar-refractivity contribution in [1.29, 1.82) is 0 Å². The van der Waals surface area contributed by atoms with Gasteiger partial charge in [-0.15, -0.1) is 11.3 Å². The minimum absolute atomic E-state index is 0.519. The third-order valence-corrected chi connectivity index (χ3v) is 8.73. The number of aryl methyl sites for hydroxylation is 2. The lowest BCUT2D eigenvalue weighted by atomic mass is 9.87. The lowest BCUT2D eigenvalue weighted by Gasteiger charge is -2.04. The molecule has 0 amide bonds. The van der Waals surface area contributed by atoms with Gasteiger partial charge in [0.1, 0.15) is 23.5 Å². The van der Waals surface area contributed by atoms with Gasteiger partial charge in [-0.3, -0.25) is 0 Å². The Morgan fingerprint density at radius 2 is 1.57 bits per heavy atom. The summed E-state index contributed by atoms with van der Waals surface area (Å²) in [5.74, 6) is 3.76. The molecular weight excluding hydrogens is 464 g/mol. The van der Waals surface area contributed by atoms with Crippen LogP contribution in [-0.2, 0) is 0 Å². The van der Waals surface area contributed by atoms with Gasteiger partial charge >= 0.3 is 0 Å². The first-order valence-corrected chi connectivity index (χ1v) is 14.3. The van der Waals surface area contributed by atoms with Crippen LogP contribution in [0.15, 0.2) is 83.0 Å². The van der Waals surface area contributed by atoms with Gasteiger partial charge in [0.2, 0.25) is 5.57 Å². The zero-order valence-corrected chi connectivity index (χ0v) is 24.3. The van der Waals surface area contributed by atoms with Crippen LogP contribution in [0.25, 0.3) is 23.3 Å². The Labute approximate surface area is 227 Å². The van der Waals surface area contributed by atoms with E-state index in [1.807, 2.05) is 11.3 Å². The Morgan fingerprint density at radius 1 is 0.838 bits per heavy atom. The minimum Gasteiger partial charge on any atom is -0.135 e. The van der Waals surface area contributed by atoms with E-state index in [-0.39, 0.29) is 0 Å². The molecule has 0 saturated heterocycles. The summed E-state index contributed by atoms with van der Waals surface area (Å²) in [6.45, 7) is 18.1. The zero-order valence-electron chi connectivity index (χ0n) is 23.5. The first-order chi connectivity index (χ1) is 17.6. The lowest BCUT2D eigenvalue weighted by molar-refractivity contribution is 0.789. The van der Waals surface area contributed by atoms with E-state index < -0.39 is 0 Å². The predicted octanol–water partition coefficient (Wildman–Crippen LogP) is 8.78. The van der Waals surface area contributed by atoms with Crippen LogP contribution in [0.5, 0.6) is 0 Å². The van der Waals surface area contributed by atoms with Crippen LogP contribution in [-0.4, -0.2) is 0 Å². The smallest absolute Gasteiger partial charge is 0.135 e. The van der Waals surface area contributed by atoms with Crippen molar-refractivity contribution in [2.75, 3.05) is 0 Å². The number of rotatable bonds is 4. The summed E-state index contributed by atoms with van der Waals surface area (Å²) in [5.41, 5.74) is 13.6. The molecule has 1 aromatic rings. The second-order valence-corrected chi connectivity index (χ2v) is 12.4. The minimum atomic E-state index is 0.519. The van der Waals surface area contributed by atoms with Crippen molar-refractivity contribution < 1.29 is 0 Å². The van der Waals surface area contributed by atoms with Gasteiger partial charge in [-0.2, -0.15) is 0 Å². The highest BCUT2D eigenvalue weighted by Gasteiger charge is 2.43. The van der Waals surface area contributed by atoms with Gasteiger partial charge in [-0.1, -0.05) is 52.0 Å². The molecule has 0 atom stereocenters. The van der Waals surface area contributed by atoms with Crippen LogP contribution in [0, 0.1) is 31.6 Å². The van der Waals surface area contributed by atoms with Gasteiger partial charge in [0.05, 0.1) is 29.4 Å². The van der Waals surface area contributed by atoms with Crippen LogP contribution < -0.4 is 9.06 Å². The molecule has 0 radical (unpaired) electrons. The second-order valence-electron chi connectivity index (χ2n) is 11.3. The van der Waals surface area contributed by atoms with Gasteiger partial charge in [-0.05, 0) is 84.2 Å². The summed E-state index contributed by atoms with van der Waals surface area (Å²) >= 11 is 1.87. The fourth-order valence-electron chi connectivity index (χ4n) is 5.54. The topological polar surface area (TPSA) is 0 Å². The standard InChI is InChI=1S/C36H38S/c1-21(2)27-11-9-23(5)35-29(15-25(7)33(35)19-27)17-31-13-14-32(37-31)18-30-16-26(8)34-20-28(22(3)4)12-10-24(6)36(30)34/h9-22H,1-8H3/q+2/b31-17+,32-18+. The Bertz CT molecular complexity index is 1560. The average molecular weight is 503 g/mol. The molecule has 0 aliphatic heterocycles. The monoisotopic (exact) mass is 502 g/mol. The first kappa shape index (κ1) is 25.5. The van der Waals surface area contributed by atoms with Crippen LogP contribution in [0.3, 0.4) is 0 Å². The van der Waals surface area contributed by atoms with E-state index in [9.17, 15) is 0 Å². The fraction of sp³-hybridized carbons (Fsp3) is 0.278. The number of hydrogen-bond donors (Lipinski definition) is 0. The summed E-state index contributed by atoms with van der Waals surface area (Å²) < 4.78 is 2.59. The van der Waals surface area contributed by atoms with Crippen LogP contribution in [0.2, 0.25) is 0 Å². The number of thiophene rings is 1. The molecule has 37 heavy (non-hydrogen) atoms. The molecule has 5 rings (SSSR count). The summed E-state index contributed by atoms with van der Waals surface area (Å²) in [5, 5.41) is 0.